The van der Waals surface area contributed by atoms with Crippen molar-refractivity contribution >= 4 is 17.6 Å². The first-order chi connectivity index (χ1) is 12.1. The number of nitrogens with zero attached hydrogens (tertiary/aromatic N) is 2. The van der Waals surface area contributed by atoms with E-state index in [-0.39, 0.29) is 18.0 Å². The van der Waals surface area contributed by atoms with Crippen LogP contribution in [0, 0.1) is 12.3 Å². The summed E-state index contributed by atoms with van der Waals surface area (Å²) in [6.07, 6.45) is 7.56. The van der Waals surface area contributed by atoms with E-state index in [1.54, 1.807) is 11.0 Å². The lowest BCUT2D eigenvalue weighted by molar-refractivity contribution is -0.126. The van der Waals surface area contributed by atoms with Gasteiger partial charge in [0, 0.05) is 43.5 Å². The van der Waals surface area contributed by atoms with Crippen molar-refractivity contribution < 1.29 is 9.59 Å². The summed E-state index contributed by atoms with van der Waals surface area (Å²) in [6, 6.07) is 7.33. The monoisotopic (exact) mass is 340 g/mol. The van der Waals surface area contributed by atoms with Gasteiger partial charge in [0.1, 0.15) is 0 Å². The Kier molecular flexibility index (Phi) is 5.25. The zero-order valence-electron chi connectivity index (χ0n) is 14.5. The molecule has 2 N–H and O–H groups in total. The van der Waals surface area contributed by atoms with Gasteiger partial charge in [-0.25, -0.2) is 4.79 Å². The molecule has 0 aromatic heterocycles. The Hall–Kier alpha value is -2.52. The van der Waals surface area contributed by atoms with Crippen molar-refractivity contribution in [3.8, 4) is 12.3 Å². The molecular formula is C19H24N4O2. The molecule has 25 heavy (non-hydrogen) atoms. The number of anilines is 1. The van der Waals surface area contributed by atoms with Crippen LogP contribution in [0.3, 0.4) is 0 Å². The van der Waals surface area contributed by atoms with Gasteiger partial charge in [-0.2, -0.15) is 0 Å². The van der Waals surface area contributed by atoms with E-state index in [1.807, 2.05) is 25.1 Å². The van der Waals surface area contributed by atoms with Gasteiger partial charge in [0.25, 0.3) is 0 Å². The Morgan fingerprint density at radius 2 is 1.96 bits per heavy atom. The van der Waals surface area contributed by atoms with Crippen LogP contribution in [0.2, 0.25) is 0 Å². The number of carbonyl (C=O) groups excluding carboxylic acids is 2. The van der Waals surface area contributed by atoms with Crippen molar-refractivity contribution in [2.75, 3.05) is 31.5 Å². The van der Waals surface area contributed by atoms with E-state index in [0.29, 0.717) is 37.9 Å². The van der Waals surface area contributed by atoms with Gasteiger partial charge in [0.05, 0.1) is 6.04 Å². The maximum absolute atomic E-state index is 12.4. The van der Waals surface area contributed by atoms with Gasteiger partial charge in [-0.3, -0.25) is 9.69 Å². The van der Waals surface area contributed by atoms with Crippen molar-refractivity contribution in [1.82, 2.24) is 15.1 Å². The Bertz CT molecular complexity index is 685. The minimum absolute atomic E-state index is 0.0894. The molecule has 0 spiro atoms. The summed E-state index contributed by atoms with van der Waals surface area (Å²) in [5, 5.41) is 5.92. The third kappa shape index (κ3) is 4.52. The predicted octanol–water partition coefficient (Wildman–Crippen LogP) is 1.48. The summed E-state index contributed by atoms with van der Waals surface area (Å²) >= 11 is 0. The quantitative estimate of drug-likeness (QED) is 0.816. The lowest BCUT2D eigenvalue weighted by Gasteiger charge is -2.37. The zero-order chi connectivity index (χ0) is 17.8. The maximum Gasteiger partial charge on any atom is 0.321 e. The lowest BCUT2D eigenvalue weighted by atomic mass is 10.2. The molecule has 1 heterocycles. The second-order valence-corrected chi connectivity index (χ2v) is 6.64. The highest BCUT2D eigenvalue weighted by molar-refractivity contribution is 5.89. The SMILES string of the molecule is C#Cc1cccc(NC(=O)N2CCN(C(C)C(=O)NC3CC3)CC2)c1. The molecule has 6 nitrogen and oxygen atoms in total. The highest BCUT2D eigenvalue weighted by Gasteiger charge is 2.30. The Morgan fingerprint density at radius 3 is 2.60 bits per heavy atom. The summed E-state index contributed by atoms with van der Waals surface area (Å²) < 4.78 is 0. The predicted molar refractivity (Wildman–Crippen MR) is 97.2 cm³/mol. The van der Waals surface area contributed by atoms with Crippen LogP contribution in [0.5, 0.6) is 0 Å². The summed E-state index contributed by atoms with van der Waals surface area (Å²) in [4.78, 5) is 28.4. The van der Waals surface area contributed by atoms with Crippen LogP contribution in [-0.4, -0.2) is 60.0 Å². The van der Waals surface area contributed by atoms with Gasteiger partial charge in [-0.15, -0.1) is 6.42 Å². The second-order valence-electron chi connectivity index (χ2n) is 6.64. The number of piperazine rings is 1. The molecule has 1 saturated heterocycles. The van der Waals surface area contributed by atoms with E-state index in [9.17, 15) is 9.59 Å². The maximum atomic E-state index is 12.4. The number of amides is 3. The fourth-order valence-corrected chi connectivity index (χ4v) is 2.92. The number of hydrogen-bond acceptors (Lipinski definition) is 3. The number of carbonyl (C=O) groups is 2. The highest BCUT2D eigenvalue weighted by atomic mass is 16.2. The molecule has 2 aliphatic rings. The van der Waals surface area contributed by atoms with E-state index in [1.165, 1.54) is 0 Å². The van der Waals surface area contributed by atoms with Gasteiger partial charge >= 0.3 is 6.03 Å². The molecule has 132 valence electrons. The van der Waals surface area contributed by atoms with Gasteiger partial charge in [0.2, 0.25) is 5.91 Å². The summed E-state index contributed by atoms with van der Waals surface area (Å²) in [5.41, 5.74) is 1.43. The van der Waals surface area contributed by atoms with E-state index < -0.39 is 0 Å². The van der Waals surface area contributed by atoms with Crippen LogP contribution >= 0.6 is 0 Å². The van der Waals surface area contributed by atoms with Gasteiger partial charge in [0.15, 0.2) is 0 Å². The number of terminal acetylenes is 1. The minimum atomic E-state index is -0.155. The number of rotatable bonds is 4. The van der Waals surface area contributed by atoms with Crippen molar-refractivity contribution in [3.63, 3.8) is 0 Å². The molecule has 1 saturated carbocycles. The molecule has 1 atom stereocenters. The smallest absolute Gasteiger partial charge is 0.321 e. The Labute approximate surface area is 148 Å². The number of hydrogen-bond donors (Lipinski definition) is 2. The molecule has 0 radical (unpaired) electrons. The lowest BCUT2D eigenvalue weighted by Crippen LogP contribution is -2.55. The standard InChI is InChI=1S/C19H24N4O2/c1-3-15-5-4-6-17(13-15)21-19(25)23-11-9-22(10-12-23)14(2)18(24)20-16-7-8-16/h1,4-6,13-14,16H,7-12H2,2H3,(H,20,24)(H,21,25). The number of urea groups is 1. The van der Waals surface area contributed by atoms with Gasteiger partial charge in [-0.1, -0.05) is 12.0 Å². The van der Waals surface area contributed by atoms with Crippen LogP contribution in [-0.2, 0) is 4.79 Å². The average Bonchev–Trinajstić information content (AvgIpc) is 3.45. The fourth-order valence-electron chi connectivity index (χ4n) is 2.92. The molecule has 1 aromatic carbocycles. The highest BCUT2D eigenvalue weighted by Crippen LogP contribution is 2.19. The number of nitrogens with one attached hydrogen (secondary N) is 2. The van der Waals surface area contributed by atoms with Crippen LogP contribution in [0.4, 0.5) is 10.5 Å². The summed E-state index contributed by atoms with van der Waals surface area (Å²) in [5.74, 6) is 2.65. The first-order valence-electron chi connectivity index (χ1n) is 8.74. The third-order valence-corrected chi connectivity index (χ3v) is 4.73. The summed E-state index contributed by atoms with van der Waals surface area (Å²) in [6.45, 7) is 4.51. The molecule has 1 unspecified atom stereocenters. The first kappa shape index (κ1) is 17.3. The molecule has 3 amide bonds. The van der Waals surface area contributed by atoms with Crippen LogP contribution in [0.1, 0.15) is 25.3 Å². The largest absolute Gasteiger partial charge is 0.352 e. The zero-order valence-corrected chi connectivity index (χ0v) is 14.5. The van der Waals surface area contributed by atoms with E-state index in [0.717, 1.165) is 18.4 Å². The normalized spacial score (nSPS) is 19.0. The van der Waals surface area contributed by atoms with E-state index in [2.05, 4.69) is 21.5 Å². The first-order valence-corrected chi connectivity index (χ1v) is 8.74. The molecule has 0 bridgehead atoms. The molecule has 1 aliphatic heterocycles. The van der Waals surface area contributed by atoms with E-state index in [4.69, 9.17) is 6.42 Å². The molecular weight excluding hydrogens is 316 g/mol. The molecule has 3 rings (SSSR count). The van der Waals surface area contributed by atoms with Crippen molar-refractivity contribution in [2.24, 2.45) is 0 Å². The second kappa shape index (κ2) is 7.58. The summed E-state index contributed by atoms with van der Waals surface area (Å²) in [7, 11) is 0. The number of benzene rings is 1. The molecule has 2 fully saturated rings. The van der Waals surface area contributed by atoms with Crippen molar-refractivity contribution in [1.29, 1.82) is 0 Å². The van der Waals surface area contributed by atoms with Crippen LogP contribution < -0.4 is 10.6 Å². The molecule has 1 aromatic rings. The minimum Gasteiger partial charge on any atom is -0.352 e. The van der Waals surface area contributed by atoms with Crippen LogP contribution in [0.25, 0.3) is 0 Å². The third-order valence-electron chi connectivity index (χ3n) is 4.73. The Balaban J connectivity index is 1.48. The van der Waals surface area contributed by atoms with Crippen molar-refractivity contribution in [3.05, 3.63) is 29.8 Å². The topological polar surface area (TPSA) is 64.7 Å². The Morgan fingerprint density at radius 1 is 1.24 bits per heavy atom. The fraction of sp³-hybridized carbons (Fsp3) is 0.474. The molecule has 1 aliphatic carbocycles. The van der Waals surface area contributed by atoms with Crippen LogP contribution in [0.15, 0.2) is 24.3 Å². The van der Waals surface area contributed by atoms with Crippen molar-refractivity contribution in [2.45, 2.75) is 31.8 Å². The van der Waals surface area contributed by atoms with Gasteiger partial charge < -0.3 is 15.5 Å². The average molecular weight is 340 g/mol. The van der Waals surface area contributed by atoms with E-state index >= 15 is 0 Å². The van der Waals surface area contributed by atoms with Gasteiger partial charge in [-0.05, 0) is 38.0 Å². The molecule has 6 heteroatoms.